The van der Waals surface area contributed by atoms with Gasteiger partial charge in [0.05, 0.1) is 19.3 Å². The third-order valence-corrected chi connectivity index (χ3v) is 3.64. The van der Waals surface area contributed by atoms with Crippen LogP contribution in [0.15, 0.2) is 54.6 Å². The Labute approximate surface area is 149 Å². The van der Waals surface area contributed by atoms with Crippen LogP contribution in [0.25, 0.3) is 0 Å². The van der Waals surface area contributed by atoms with Crippen LogP contribution in [0.5, 0.6) is 0 Å². The summed E-state index contributed by atoms with van der Waals surface area (Å²) in [4.78, 5) is 13.2. The van der Waals surface area contributed by atoms with E-state index in [0.717, 1.165) is 16.8 Å². The summed E-state index contributed by atoms with van der Waals surface area (Å²) in [5.74, 6) is -0.0866. The molecule has 2 aromatic carbocycles. The highest BCUT2D eigenvalue weighted by atomic mass is 16.5. The first-order chi connectivity index (χ1) is 12.0. The summed E-state index contributed by atoms with van der Waals surface area (Å²) < 4.78 is 5.57. The fourth-order valence-corrected chi connectivity index (χ4v) is 2.63. The van der Waals surface area contributed by atoms with Crippen LogP contribution in [0.2, 0.25) is 0 Å². The fraction of sp³-hybridized carbons (Fsp3) is 0.350. The number of aliphatic hydroxyl groups excluding tert-OH is 1. The number of nitrogens with one attached hydrogen (secondary N) is 1. The predicted octanol–water partition coefficient (Wildman–Crippen LogP) is 2.65. The largest absolute Gasteiger partial charge is 0.389 e. The number of likely N-dealkylation sites (N-methyl/N-ethyl adjacent to an activating group) is 1. The Bertz CT molecular complexity index is 661. The topological polar surface area (TPSA) is 61.8 Å². The zero-order valence-electron chi connectivity index (χ0n) is 14.8. The molecule has 5 heteroatoms. The molecule has 0 aliphatic carbocycles. The van der Waals surface area contributed by atoms with E-state index in [1.165, 1.54) is 6.92 Å². The van der Waals surface area contributed by atoms with E-state index in [0.29, 0.717) is 26.3 Å². The van der Waals surface area contributed by atoms with Gasteiger partial charge in [0.1, 0.15) is 0 Å². The first kappa shape index (κ1) is 19.1. The number of anilines is 1. The Kier molecular flexibility index (Phi) is 7.60. The summed E-state index contributed by atoms with van der Waals surface area (Å²) in [5, 5.41) is 12.9. The summed E-state index contributed by atoms with van der Waals surface area (Å²) in [6, 6.07) is 17.6. The molecule has 0 radical (unpaired) electrons. The Morgan fingerprint density at radius 3 is 2.60 bits per heavy atom. The second-order valence-corrected chi connectivity index (χ2v) is 6.23. The zero-order chi connectivity index (χ0) is 18.1. The van der Waals surface area contributed by atoms with Crippen LogP contribution in [-0.2, 0) is 22.7 Å². The van der Waals surface area contributed by atoms with Crippen molar-refractivity contribution in [1.82, 2.24) is 4.90 Å². The lowest BCUT2D eigenvalue weighted by atomic mass is 10.2. The molecule has 134 valence electrons. The standard InChI is InChI=1S/C20H26N2O3/c1-16(23)21-19-10-6-9-18(11-19)12-22(2)13-20(24)15-25-14-17-7-4-3-5-8-17/h3-11,20,24H,12-15H2,1-2H3,(H,21,23). The third-order valence-electron chi connectivity index (χ3n) is 3.64. The van der Waals surface area contributed by atoms with Crippen molar-refractivity contribution in [1.29, 1.82) is 0 Å². The Morgan fingerprint density at radius 2 is 1.88 bits per heavy atom. The first-order valence-electron chi connectivity index (χ1n) is 8.37. The monoisotopic (exact) mass is 342 g/mol. The normalized spacial score (nSPS) is 12.2. The number of rotatable bonds is 9. The smallest absolute Gasteiger partial charge is 0.221 e. The van der Waals surface area contributed by atoms with Crippen molar-refractivity contribution in [3.8, 4) is 0 Å². The van der Waals surface area contributed by atoms with Gasteiger partial charge in [0.15, 0.2) is 0 Å². The van der Waals surface area contributed by atoms with Gasteiger partial charge in [0.2, 0.25) is 5.91 Å². The molecule has 1 atom stereocenters. The van der Waals surface area contributed by atoms with Crippen molar-refractivity contribution in [2.45, 2.75) is 26.2 Å². The molecule has 2 N–H and O–H groups in total. The van der Waals surface area contributed by atoms with Gasteiger partial charge in [-0.3, -0.25) is 9.69 Å². The molecule has 1 amide bonds. The van der Waals surface area contributed by atoms with Gasteiger partial charge in [0.25, 0.3) is 0 Å². The van der Waals surface area contributed by atoms with Crippen molar-refractivity contribution in [2.75, 3.05) is 25.5 Å². The maximum absolute atomic E-state index is 11.1. The molecule has 0 aromatic heterocycles. The number of carbonyl (C=O) groups excluding carboxylic acids is 1. The van der Waals surface area contributed by atoms with Gasteiger partial charge < -0.3 is 15.2 Å². The van der Waals surface area contributed by atoms with Gasteiger partial charge >= 0.3 is 0 Å². The molecule has 0 saturated carbocycles. The third kappa shape index (κ3) is 7.47. The van der Waals surface area contributed by atoms with Crippen LogP contribution in [0.3, 0.4) is 0 Å². The number of hydrogen-bond acceptors (Lipinski definition) is 4. The Balaban J connectivity index is 1.73. The van der Waals surface area contributed by atoms with Crippen molar-refractivity contribution in [3.63, 3.8) is 0 Å². The summed E-state index contributed by atoms with van der Waals surface area (Å²) in [5.41, 5.74) is 2.95. The van der Waals surface area contributed by atoms with E-state index in [2.05, 4.69) is 5.32 Å². The highest BCUT2D eigenvalue weighted by Crippen LogP contribution is 2.12. The molecule has 0 fully saturated rings. The highest BCUT2D eigenvalue weighted by molar-refractivity contribution is 5.88. The number of benzene rings is 2. The van der Waals surface area contributed by atoms with Gasteiger partial charge in [-0.1, -0.05) is 42.5 Å². The van der Waals surface area contributed by atoms with Crippen LogP contribution in [-0.4, -0.2) is 42.2 Å². The molecule has 0 bridgehead atoms. The average molecular weight is 342 g/mol. The molecule has 0 saturated heterocycles. The number of aliphatic hydroxyl groups is 1. The van der Waals surface area contributed by atoms with E-state index < -0.39 is 6.10 Å². The Morgan fingerprint density at radius 1 is 1.16 bits per heavy atom. The molecular formula is C20H26N2O3. The lowest BCUT2D eigenvalue weighted by Crippen LogP contribution is -2.31. The molecule has 1 unspecified atom stereocenters. The number of hydrogen-bond donors (Lipinski definition) is 2. The first-order valence-corrected chi connectivity index (χ1v) is 8.37. The molecule has 2 rings (SSSR count). The molecule has 25 heavy (non-hydrogen) atoms. The van der Waals surface area contributed by atoms with E-state index in [-0.39, 0.29) is 5.91 Å². The SMILES string of the molecule is CC(=O)Nc1cccc(CN(C)CC(O)COCc2ccccc2)c1. The predicted molar refractivity (Wildman–Crippen MR) is 99.2 cm³/mol. The maximum atomic E-state index is 11.1. The average Bonchev–Trinajstić information content (AvgIpc) is 2.55. The quantitative estimate of drug-likeness (QED) is 0.735. The van der Waals surface area contributed by atoms with Gasteiger partial charge in [0, 0.05) is 25.7 Å². The summed E-state index contributed by atoms with van der Waals surface area (Å²) >= 11 is 0. The van der Waals surface area contributed by atoms with E-state index in [9.17, 15) is 9.90 Å². The lowest BCUT2D eigenvalue weighted by molar-refractivity contribution is -0.114. The van der Waals surface area contributed by atoms with Crippen molar-refractivity contribution in [2.24, 2.45) is 0 Å². The Hall–Kier alpha value is -2.21. The fourth-order valence-electron chi connectivity index (χ4n) is 2.63. The van der Waals surface area contributed by atoms with Crippen molar-refractivity contribution in [3.05, 3.63) is 65.7 Å². The molecule has 5 nitrogen and oxygen atoms in total. The van der Waals surface area contributed by atoms with Crippen molar-refractivity contribution < 1.29 is 14.6 Å². The molecule has 2 aromatic rings. The van der Waals surface area contributed by atoms with Crippen molar-refractivity contribution >= 4 is 11.6 Å². The second-order valence-electron chi connectivity index (χ2n) is 6.23. The second kappa shape index (κ2) is 9.93. The highest BCUT2D eigenvalue weighted by Gasteiger charge is 2.09. The molecule has 0 aliphatic rings. The van der Waals surface area contributed by atoms with E-state index in [1.54, 1.807) is 0 Å². The van der Waals surface area contributed by atoms with Crippen LogP contribution in [0, 0.1) is 0 Å². The maximum Gasteiger partial charge on any atom is 0.221 e. The van der Waals surface area contributed by atoms with E-state index >= 15 is 0 Å². The minimum Gasteiger partial charge on any atom is -0.389 e. The summed E-state index contributed by atoms with van der Waals surface area (Å²) in [7, 11) is 1.95. The van der Waals surface area contributed by atoms with Gasteiger partial charge in [-0.15, -0.1) is 0 Å². The number of nitrogens with zero attached hydrogens (tertiary/aromatic N) is 1. The molecule has 0 aliphatic heterocycles. The van der Waals surface area contributed by atoms with Crippen LogP contribution in [0.1, 0.15) is 18.1 Å². The van der Waals surface area contributed by atoms with E-state index in [4.69, 9.17) is 4.74 Å². The van der Waals surface area contributed by atoms with E-state index in [1.807, 2.05) is 66.5 Å². The molecule has 0 heterocycles. The van der Waals surface area contributed by atoms with Crippen LogP contribution in [0.4, 0.5) is 5.69 Å². The summed E-state index contributed by atoms with van der Waals surface area (Å²) in [6.07, 6.45) is -0.549. The number of amides is 1. The van der Waals surface area contributed by atoms with Crippen LogP contribution >= 0.6 is 0 Å². The summed E-state index contributed by atoms with van der Waals surface area (Å²) in [6.45, 7) is 3.48. The lowest BCUT2D eigenvalue weighted by Gasteiger charge is -2.21. The van der Waals surface area contributed by atoms with Gasteiger partial charge in [-0.05, 0) is 30.3 Å². The number of ether oxygens (including phenoxy) is 1. The van der Waals surface area contributed by atoms with Gasteiger partial charge in [-0.2, -0.15) is 0 Å². The van der Waals surface area contributed by atoms with Crippen LogP contribution < -0.4 is 5.32 Å². The molecule has 0 spiro atoms. The zero-order valence-corrected chi connectivity index (χ0v) is 14.8. The molecular weight excluding hydrogens is 316 g/mol. The minimum absolute atomic E-state index is 0.0866. The minimum atomic E-state index is -0.549. The van der Waals surface area contributed by atoms with Gasteiger partial charge in [-0.25, -0.2) is 0 Å². The number of carbonyl (C=O) groups is 1.